The number of carbonyl (C=O) groups excluding carboxylic acids is 1. The van der Waals surface area contributed by atoms with Gasteiger partial charge in [-0.3, -0.25) is 4.79 Å². The molecule has 20 heavy (non-hydrogen) atoms. The van der Waals surface area contributed by atoms with Gasteiger partial charge in [0.25, 0.3) is 0 Å². The van der Waals surface area contributed by atoms with Crippen molar-refractivity contribution in [2.24, 2.45) is 0 Å². The van der Waals surface area contributed by atoms with Crippen molar-refractivity contribution in [3.8, 4) is 5.75 Å². The molecule has 5 heteroatoms. The zero-order valence-corrected chi connectivity index (χ0v) is 12.9. The van der Waals surface area contributed by atoms with Gasteiger partial charge in [0, 0.05) is 10.6 Å². The van der Waals surface area contributed by atoms with Crippen molar-refractivity contribution in [2.45, 2.75) is 26.4 Å². The number of nitrogens with one attached hydrogen (secondary N) is 1. The fourth-order valence-electron chi connectivity index (χ4n) is 1.70. The van der Waals surface area contributed by atoms with Gasteiger partial charge in [-0.2, -0.15) is 0 Å². The molecule has 0 atom stereocenters. The molecule has 3 nitrogen and oxygen atoms in total. The van der Waals surface area contributed by atoms with Crippen molar-refractivity contribution in [1.82, 2.24) is 0 Å². The second kappa shape index (κ2) is 6.77. The average molecular weight is 310 g/mol. The molecule has 2 aromatic rings. The van der Waals surface area contributed by atoms with Gasteiger partial charge in [0.05, 0.1) is 17.5 Å². The van der Waals surface area contributed by atoms with E-state index in [1.54, 1.807) is 29.5 Å². The van der Waals surface area contributed by atoms with Crippen molar-refractivity contribution in [2.75, 3.05) is 5.32 Å². The van der Waals surface area contributed by atoms with E-state index in [4.69, 9.17) is 16.3 Å². The Bertz CT molecular complexity index is 582. The first-order valence-electron chi connectivity index (χ1n) is 6.33. The number of carbonyl (C=O) groups is 1. The van der Waals surface area contributed by atoms with Gasteiger partial charge in [0.15, 0.2) is 0 Å². The third-order valence-electron chi connectivity index (χ3n) is 2.49. The van der Waals surface area contributed by atoms with Gasteiger partial charge < -0.3 is 10.1 Å². The average Bonchev–Trinajstić information content (AvgIpc) is 2.85. The number of hydrogen-bond acceptors (Lipinski definition) is 3. The molecule has 0 unspecified atom stereocenters. The Morgan fingerprint density at radius 3 is 2.80 bits per heavy atom. The summed E-state index contributed by atoms with van der Waals surface area (Å²) in [5.41, 5.74) is 0.674. The Morgan fingerprint density at radius 2 is 2.20 bits per heavy atom. The predicted octanol–water partition coefficient (Wildman–Crippen LogP) is 4.37. The molecule has 0 aliphatic rings. The number of amides is 1. The molecule has 2 rings (SSSR count). The maximum Gasteiger partial charge on any atom is 0.229 e. The molecule has 0 fully saturated rings. The summed E-state index contributed by atoms with van der Waals surface area (Å²) in [6.07, 6.45) is 0.436. The van der Waals surface area contributed by atoms with Gasteiger partial charge in [-0.05, 0) is 43.5 Å². The summed E-state index contributed by atoms with van der Waals surface area (Å²) < 4.78 is 5.55. The summed E-state index contributed by atoms with van der Waals surface area (Å²) in [6, 6.07) is 9.13. The molecule has 0 saturated heterocycles. The maximum atomic E-state index is 11.9. The van der Waals surface area contributed by atoms with Crippen molar-refractivity contribution in [3.63, 3.8) is 0 Å². The zero-order chi connectivity index (χ0) is 14.5. The summed E-state index contributed by atoms with van der Waals surface area (Å²) in [7, 11) is 0. The van der Waals surface area contributed by atoms with Crippen molar-refractivity contribution in [3.05, 3.63) is 45.6 Å². The van der Waals surface area contributed by atoms with E-state index in [1.807, 2.05) is 31.4 Å². The Hall–Kier alpha value is -1.52. The molecule has 0 radical (unpaired) electrons. The van der Waals surface area contributed by atoms with Gasteiger partial charge in [-0.15, -0.1) is 11.3 Å². The summed E-state index contributed by atoms with van der Waals surface area (Å²) >= 11 is 7.69. The minimum atomic E-state index is -0.0546. The molecule has 0 aliphatic heterocycles. The first-order chi connectivity index (χ1) is 9.54. The van der Waals surface area contributed by atoms with E-state index in [2.05, 4.69) is 5.32 Å². The highest BCUT2D eigenvalue weighted by Gasteiger charge is 2.08. The van der Waals surface area contributed by atoms with Crippen LogP contribution in [0.15, 0.2) is 35.7 Å². The van der Waals surface area contributed by atoms with E-state index in [9.17, 15) is 4.79 Å². The van der Waals surface area contributed by atoms with Gasteiger partial charge in [-0.25, -0.2) is 0 Å². The summed E-state index contributed by atoms with van der Waals surface area (Å²) in [6.45, 7) is 3.88. The lowest BCUT2D eigenvalue weighted by atomic mass is 10.2. The smallest absolute Gasteiger partial charge is 0.229 e. The maximum absolute atomic E-state index is 11.9. The van der Waals surface area contributed by atoms with E-state index < -0.39 is 0 Å². The van der Waals surface area contributed by atoms with Crippen LogP contribution < -0.4 is 10.1 Å². The summed E-state index contributed by atoms with van der Waals surface area (Å²) in [4.78, 5) is 12.9. The van der Waals surface area contributed by atoms with E-state index in [-0.39, 0.29) is 12.0 Å². The van der Waals surface area contributed by atoms with Crippen molar-refractivity contribution >= 4 is 34.5 Å². The molecule has 0 aliphatic carbocycles. The highest BCUT2D eigenvalue weighted by Crippen LogP contribution is 2.28. The monoisotopic (exact) mass is 309 g/mol. The molecule has 106 valence electrons. The number of rotatable bonds is 5. The summed E-state index contributed by atoms with van der Waals surface area (Å²) in [5.74, 6) is 0.568. The standard InChI is InChI=1S/C15H16ClNO2S/c1-10(2)19-14-6-5-11(8-13(14)16)17-15(18)9-12-4-3-7-20-12/h3-8,10H,9H2,1-2H3,(H,17,18). The minimum Gasteiger partial charge on any atom is -0.489 e. The lowest BCUT2D eigenvalue weighted by Crippen LogP contribution is -2.13. The molecule has 0 spiro atoms. The third-order valence-corrected chi connectivity index (χ3v) is 3.66. The van der Waals surface area contributed by atoms with Crippen LogP contribution >= 0.6 is 22.9 Å². The van der Waals surface area contributed by atoms with E-state index in [1.165, 1.54) is 0 Å². The van der Waals surface area contributed by atoms with Crippen LogP contribution in [0.25, 0.3) is 0 Å². The molecular weight excluding hydrogens is 294 g/mol. The molecule has 0 saturated carbocycles. The quantitative estimate of drug-likeness (QED) is 0.890. The van der Waals surface area contributed by atoms with Crippen LogP contribution in [0.3, 0.4) is 0 Å². The first-order valence-corrected chi connectivity index (χ1v) is 7.59. The lowest BCUT2D eigenvalue weighted by molar-refractivity contribution is -0.115. The Kier molecular flexibility index (Phi) is 5.04. The highest BCUT2D eigenvalue weighted by atomic mass is 35.5. The molecular formula is C15H16ClNO2S. The topological polar surface area (TPSA) is 38.3 Å². The van der Waals surface area contributed by atoms with E-state index >= 15 is 0 Å². The number of thiophene rings is 1. The number of halogens is 1. The number of ether oxygens (including phenoxy) is 1. The summed E-state index contributed by atoms with van der Waals surface area (Å²) in [5, 5.41) is 5.28. The first kappa shape index (κ1) is 14.9. The van der Waals surface area contributed by atoms with Crippen LogP contribution in [0.2, 0.25) is 5.02 Å². The molecule has 1 amide bonds. The van der Waals surface area contributed by atoms with Crippen LogP contribution in [0, 0.1) is 0 Å². The largest absolute Gasteiger partial charge is 0.489 e. The number of anilines is 1. The Morgan fingerprint density at radius 1 is 1.40 bits per heavy atom. The molecule has 1 N–H and O–H groups in total. The van der Waals surface area contributed by atoms with E-state index in [0.29, 0.717) is 22.9 Å². The Balaban J connectivity index is 1.99. The fourth-order valence-corrected chi connectivity index (χ4v) is 2.63. The minimum absolute atomic E-state index is 0.0546. The normalized spacial score (nSPS) is 10.6. The molecule has 1 heterocycles. The van der Waals surface area contributed by atoms with Crippen LogP contribution in [-0.4, -0.2) is 12.0 Å². The third kappa shape index (κ3) is 4.25. The van der Waals surface area contributed by atoms with Gasteiger partial charge in [0.2, 0.25) is 5.91 Å². The van der Waals surface area contributed by atoms with Crippen LogP contribution in [0.5, 0.6) is 5.75 Å². The fraction of sp³-hybridized carbons (Fsp3) is 0.267. The number of benzene rings is 1. The highest BCUT2D eigenvalue weighted by molar-refractivity contribution is 7.10. The molecule has 1 aromatic heterocycles. The predicted molar refractivity (Wildman–Crippen MR) is 83.9 cm³/mol. The van der Waals surface area contributed by atoms with Crippen molar-refractivity contribution in [1.29, 1.82) is 0 Å². The van der Waals surface area contributed by atoms with Gasteiger partial charge in [-0.1, -0.05) is 17.7 Å². The Labute approximate surface area is 127 Å². The van der Waals surface area contributed by atoms with Crippen LogP contribution in [0.1, 0.15) is 18.7 Å². The lowest BCUT2D eigenvalue weighted by Gasteiger charge is -2.12. The van der Waals surface area contributed by atoms with Crippen LogP contribution in [0.4, 0.5) is 5.69 Å². The van der Waals surface area contributed by atoms with Crippen molar-refractivity contribution < 1.29 is 9.53 Å². The molecule has 1 aromatic carbocycles. The second-order valence-electron chi connectivity index (χ2n) is 4.62. The van der Waals surface area contributed by atoms with E-state index in [0.717, 1.165) is 4.88 Å². The SMILES string of the molecule is CC(C)Oc1ccc(NC(=O)Cc2cccs2)cc1Cl. The van der Waals surface area contributed by atoms with Crippen LogP contribution in [-0.2, 0) is 11.2 Å². The van der Waals surface area contributed by atoms with Gasteiger partial charge >= 0.3 is 0 Å². The zero-order valence-electron chi connectivity index (χ0n) is 11.4. The second-order valence-corrected chi connectivity index (χ2v) is 6.06. The molecule has 0 bridgehead atoms. The number of hydrogen-bond donors (Lipinski definition) is 1. The van der Waals surface area contributed by atoms with Gasteiger partial charge in [0.1, 0.15) is 5.75 Å².